The van der Waals surface area contributed by atoms with E-state index in [1.165, 1.54) is 4.90 Å². The molecule has 1 aliphatic heterocycles. The van der Waals surface area contributed by atoms with Gasteiger partial charge < -0.3 is 4.84 Å². The van der Waals surface area contributed by atoms with Crippen molar-refractivity contribution < 1.29 is 19.8 Å². The summed E-state index contributed by atoms with van der Waals surface area (Å²) in [6.07, 6.45) is 2.77. The highest BCUT2D eigenvalue weighted by atomic mass is 16.9. The second-order valence-electron chi connectivity index (χ2n) is 5.73. The van der Waals surface area contributed by atoms with E-state index in [9.17, 15) is 30.3 Å². The first-order valence-corrected chi connectivity index (χ1v) is 7.34. The average Bonchev–Trinajstić information content (AvgIpc) is 2.45. The molecular formula is C12H24N4O7. The molecule has 0 aromatic heterocycles. The van der Waals surface area contributed by atoms with Crippen molar-refractivity contribution in [3.63, 3.8) is 0 Å². The van der Waals surface area contributed by atoms with Gasteiger partial charge in [-0.1, -0.05) is 20.8 Å². The minimum atomic E-state index is -1.94. The molecule has 0 bridgehead atoms. The van der Waals surface area contributed by atoms with Crippen LogP contribution in [0.15, 0.2) is 0 Å². The second-order valence-corrected chi connectivity index (χ2v) is 5.73. The molecule has 0 aliphatic carbocycles. The molecule has 0 radical (unpaired) electrons. The summed E-state index contributed by atoms with van der Waals surface area (Å²) in [7, 11) is 1.60. The highest BCUT2D eigenvalue weighted by molar-refractivity contribution is 4.84. The van der Waals surface area contributed by atoms with Crippen LogP contribution in [0.25, 0.3) is 0 Å². The molecule has 0 atom stereocenters. The first kappa shape index (κ1) is 21.0. The van der Waals surface area contributed by atoms with Gasteiger partial charge in [0.05, 0.1) is 0 Å². The fourth-order valence-electron chi connectivity index (χ4n) is 2.36. The van der Waals surface area contributed by atoms with Gasteiger partial charge in [0.25, 0.3) is 5.09 Å². The van der Waals surface area contributed by atoms with E-state index in [4.69, 9.17) is 0 Å². The van der Waals surface area contributed by atoms with Crippen LogP contribution in [0.1, 0.15) is 40.0 Å². The van der Waals surface area contributed by atoms with Crippen LogP contribution >= 0.6 is 0 Å². The maximum atomic E-state index is 10.2. The normalized spacial score (nSPS) is 16.5. The lowest BCUT2D eigenvalue weighted by Gasteiger charge is -2.32. The molecule has 0 aromatic carbocycles. The third kappa shape index (κ3) is 5.27. The zero-order chi connectivity index (χ0) is 18.3. The molecule has 0 saturated carbocycles. The Labute approximate surface area is 134 Å². The summed E-state index contributed by atoms with van der Waals surface area (Å²) in [5.74, 6) is 0. The number of likely N-dealkylation sites (N-methyl/N-ethyl adjacent to an activating group) is 1. The van der Waals surface area contributed by atoms with Crippen LogP contribution in [0.2, 0.25) is 0 Å². The number of rotatable bonds is 8. The van der Waals surface area contributed by atoms with E-state index >= 15 is 0 Å². The minimum Gasteiger partial charge on any atom is -0.313 e. The summed E-state index contributed by atoms with van der Waals surface area (Å²) in [6, 6.07) is 0. The fraction of sp³-hybridized carbons (Fsp3) is 1.00. The van der Waals surface area contributed by atoms with Crippen molar-refractivity contribution in [3.8, 4) is 0 Å². The van der Waals surface area contributed by atoms with Crippen LogP contribution in [0.4, 0.5) is 0 Å². The first-order chi connectivity index (χ1) is 10.6. The Kier molecular flexibility index (Phi) is 7.80. The van der Waals surface area contributed by atoms with Crippen molar-refractivity contribution in [1.82, 2.24) is 4.90 Å². The topological polar surface area (TPSA) is 142 Å². The largest absolute Gasteiger partial charge is 0.482 e. The van der Waals surface area contributed by atoms with E-state index in [0.717, 1.165) is 19.3 Å². The van der Waals surface area contributed by atoms with Gasteiger partial charge in [-0.3, -0.25) is 25.1 Å². The zero-order valence-electron chi connectivity index (χ0n) is 13.9. The summed E-state index contributed by atoms with van der Waals surface area (Å²) in [5, 5.41) is 29.7. The Hall–Kier alpha value is -2.04. The van der Waals surface area contributed by atoms with Crippen molar-refractivity contribution in [3.05, 3.63) is 30.3 Å². The molecule has 0 N–H and O–H groups in total. The lowest BCUT2D eigenvalue weighted by Crippen LogP contribution is -2.68. The number of likely N-dealkylation sites (tertiary alicyclic amines) is 1. The maximum absolute atomic E-state index is 10.2. The summed E-state index contributed by atoms with van der Waals surface area (Å²) in [6.45, 7) is 6.13. The molecule has 11 nitrogen and oxygen atoms in total. The highest BCUT2D eigenvalue weighted by Gasteiger charge is 2.64. The van der Waals surface area contributed by atoms with Gasteiger partial charge in [0.15, 0.2) is 0 Å². The molecule has 0 spiro atoms. The van der Waals surface area contributed by atoms with Crippen LogP contribution in [0.5, 0.6) is 0 Å². The molecule has 11 heteroatoms. The summed E-state index contributed by atoms with van der Waals surface area (Å²) < 4.78 is 0. The minimum absolute atomic E-state index is 0.00687. The molecule has 0 unspecified atom stereocenters. The molecular weight excluding hydrogens is 312 g/mol. The van der Waals surface area contributed by atoms with Gasteiger partial charge in [-0.25, -0.2) is 0 Å². The van der Waals surface area contributed by atoms with Crippen LogP contribution in [-0.4, -0.2) is 52.2 Å². The van der Waals surface area contributed by atoms with E-state index in [0.29, 0.717) is 0 Å². The summed E-state index contributed by atoms with van der Waals surface area (Å²) in [5.41, 5.74) is -1.94. The van der Waals surface area contributed by atoms with Crippen LogP contribution in [0.3, 0.4) is 0 Å². The summed E-state index contributed by atoms with van der Waals surface area (Å²) in [4.78, 5) is 34.7. The second kappa shape index (κ2) is 8.56. The molecule has 134 valence electrons. The van der Waals surface area contributed by atoms with E-state index in [1.54, 1.807) is 7.05 Å². The standard InChI is InChI=1S/C8H17NO3.C4H7N3O4/c1-4-8(5-2,6-3)7-12-9(10)11;1-5-2-4(3-5,6(8)9)7(10)11/h4-7H2,1-3H3;2-3H2,1H3. The Morgan fingerprint density at radius 3 is 1.57 bits per heavy atom. The third-order valence-electron chi connectivity index (χ3n) is 4.45. The van der Waals surface area contributed by atoms with Crippen molar-refractivity contribution in [2.75, 3.05) is 26.7 Å². The molecule has 1 saturated heterocycles. The van der Waals surface area contributed by atoms with Crippen molar-refractivity contribution in [1.29, 1.82) is 0 Å². The van der Waals surface area contributed by atoms with Crippen molar-refractivity contribution >= 4 is 0 Å². The Balaban J connectivity index is 0.000000422. The first-order valence-electron chi connectivity index (χ1n) is 7.34. The fourth-order valence-corrected chi connectivity index (χ4v) is 2.36. The quantitative estimate of drug-likeness (QED) is 0.369. The number of nitrogens with zero attached hydrogens (tertiary/aromatic N) is 4. The molecule has 1 heterocycles. The Morgan fingerprint density at radius 1 is 1.00 bits per heavy atom. The van der Waals surface area contributed by atoms with Crippen molar-refractivity contribution in [2.45, 2.75) is 45.7 Å². The molecule has 0 aromatic rings. The van der Waals surface area contributed by atoms with Crippen LogP contribution < -0.4 is 0 Å². The van der Waals surface area contributed by atoms with E-state index in [2.05, 4.69) is 4.84 Å². The maximum Gasteiger partial charge on any atom is 0.482 e. The monoisotopic (exact) mass is 336 g/mol. The van der Waals surface area contributed by atoms with E-state index in [1.807, 2.05) is 20.8 Å². The predicted octanol–water partition coefficient (Wildman–Crippen LogP) is 1.59. The predicted molar refractivity (Wildman–Crippen MR) is 80.5 cm³/mol. The number of hydrogen-bond donors (Lipinski definition) is 0. The van der Waals surface area contributed by atoms with Gasteiger partial charge in [0.2, 0.25) is 0 Å². The van der Waals surface area contributed by atoms with Crippen molar-refractivity contribution in [2.24, 2.45) is 5.41 Å². The van der Waals surface area contributed by atoms with Gasteiger partial charge in [-0.2, -0.15) is 0 Å². The van der Waals surface area contributed by atoms with E-state index in [-0.39, 0.29) is 25.1 Å². The lowest BCUT2D eigenvalue weighted by atomic mass is 9.81. The lowest BCUT2D eigenvalue weighted by molar-refractivity contribution is -0.810. The smallest absolute Gasteiger partial charge is 0.313 e. The third-order valence-corrected chi connectivity index (χ3v) is 4.45. The van der Waals surface area contributed by atoms with Gasteiger partial charge in [-0.15, -0.1) is 10.1 Å². The SMILES string of the molecule is CCC(CC)(CC)CO[N+](=O)[O-].CN1CC([N+](=O)[O-])([N+](=O)[O-])C1. The Morgan fingerprint density at radius 2 is 1.39 bits per heavy atom. The molecule has 0 amide bonds. The zero-order valence-corrected chi connectivity index (χ0v) is 13.9. The molecule has 23 heavy (non-hydrogen) atoms. The van der Waals surface area contributed by atoms with E-state index < -0.39 is 20.6 Å². The molecule has 1 rings (SSSR count). The van der Waals surface area contributed by atoms with Crippen LogP contribution in [-0.2, 0) is 4.84 Å². The molecule has 1 fully saturated rings. The number of nitro groups is 2. The molecule has 1 aliphatic rings. The Bertz CT molecular complexity index is 409. The van der Waals surface area contributed by atoms with Gasteiger partial charge >= 0.3 is 5.66 Å². The van der Waals surface area contributed by atoms with Gasteiger partial charge in [-0.05, 0) is 31.7 Å². The van der Waals surface area contributed by atoms with Gasteiger partial charge in [0, 0.05) is 0 Å². The van der Waals surface area contributed by atoms with Gasteiger partial charge in [0.1, 0.15) is 29.5 Å². The number of hydrogen-bond acceptors (Lipinski definition) is 8. The van der Waals surface area contributed by atoms with Crippen LogP contribution in [0, 0.1) is 35.8 Å². The highest BCUT2D eigenvalue weighted by Crippen LogP contribution is 2.30. The average molecular weight is 336 g/mol. The summed E-state index contributed by atoms with van der Waals surface area (Å²) >= 11 is 0.